The van der Waals surface area contributed by atoms with Crippen molar-refractivity contribution in [3.8, 4) is 0 Å². The van der Waals surface area contributed by atoms with Crippen LogP contribution < -0.4 is 11.2 Å². The van der Waals surface area contributed by atoms with E-state index in [4.69, 9.17) is 17.3 Å². The number of amides is 1. The Balaban J connectivity index is 2.70. The fraction of sp³-hybridized carbons (Fsp3) is 0.364. The summed E-state index contributed by atoms with van der Waals surface area (Å²) < 4.78 is 13.4. The first-order chi connectivity index (χ1) is 7.90. The fourth-order valence-corrected chi connectivity index (χ4v) is 1.53. The van der Waals surface area contributed by atoms with E-state index in [2.05, 4.69) is 5.43 Å². The van der Waals surface area contributed by atoms with Gasteiger partial charge >= 0.3 is 0 Å². The van der Waals surface area contributed by atoms with E-state index in [1.807, 2.05) is 0 Å². The van der Waals surface area contributed by atoms with Crippen molar-refractivity contribution in [1.29, 1.82) is 0 Å². The van der Waals surface area contributed by atoms with E-state index in [1.54, 1.807) is 14.1 Å². The molecule has 17 heavy (non-hydrogen) atoms. The van der Waals surface area contributed by atoms with E-state index in [9.17, 15) is 9.18 Å². The lowest BCUT2D eigenvalue weighted by Crippen LogP contribution is -2.47. The van der Waals surface area contributed by atoms with E-state index >= 15 is 0 Å². The van der Waals surface area contributed by atoms with E-state index in [-0.39, 0.29) is 12.3 Å². The molecule has 0 saturated heterocycles. The van der Waals surface area contributed by atoms with E-state index in [0.29, 0.717) is 10.6 Å². The molecule has 0 aliphatic heterocycles. The minimum Gasteiger partial charge on any atom is -0.320 e. The standard InChI is InChI=1S/C11H15ClFN3O/c1-16(2)15-11(17)10(14)6-7-5-8(12)3-4-9(7)13/h3-5,10H,6,14H2,1-2H3,(H,15,17). The third-order valence-corrected chi connectivity index (χ3v) is 2.35. The Morgan fingerprint density at radius 3 is 2.82 bits per heavy atom. The topological polar surface area (TPSA) is 58.4 Å². The summed E-state index contributed by atoms with van der Waals surface area (Å²) in [6, 6.07) is 3.37. The normalized spacial score (nSPS) is 12.6. The monoisotopic (exact) mass is 259 g/mol. The third-order valence-electron chi connectivity index (χ3n) is 2.12. The highest BCUT2D eigenvalue weighted by molar-refractivity contribution is 6.30. The minimum atomic E-state index is -0.814. The lowest BCUT2D eigenvalue weighted by Gasteiger charge is -2.16. The number of halogens is 2. The number of carbonyl (C=O) groups is 1. The molecule has 6 heteroatoms. The van der Waals surface area contributed by atoms with Gasteiger partial charge in [-0.1, -0.05) is 11.6 Å². The van der Waals surface area contributed by atoms with Gasteiger partial charge in [-0.15, -0.1) is 0 Å². The van der Waals surface area contributed by atoms with Crippen LogP contribution in [-0.4, -0.2) is 31.1 Å². The van der Waals surface area contributed by atoms with Gasteiger partial charge in [-0.2, -0.15) is 0 Å². The Bertz CT molecular complexity index is 412. The van der Waals surface area contributed by atoms with Crippen LogP contribution in [0.3, 0.4) is 0 Å². The Kier molecular flexibility index (Phi) is 4.86. The average molecular weight is 260 g/mol. The van der Waals surface area contributed by atoms with Gasteiger partial charge in [0.1, 0.15) is 5.82 Å². The quantitative estimate of drug-likeness (QED) is 0.792. The second-order valence-electron chi connectivity index (χ2n) is 3.92. The SMILES string of the molecule is CN(C)NC(=O)C(N)Cc1cc(Cl)ccc1F. The zero-order chi connectivity index (χ0) is 13.0. The van der Waals surface area contributed by atoms with Crippen LogP contribution in [-0.2, 0) is 11.2 Å². The first-order valence-corrected chi connectivity index (χ1v) is 5.45. The zero-order valence-corrected chi connectivity index (χ0v) is 10.5. The summed E-state index contributed by atoms with van der Waals surface area (Å²) in [5, 5.41) is 1.90. The molecule has 1 unspecified atom stereocenters. The summed E-state index contributed by atoms with van der Waals surface area (Å²) in [5.41, 5.74) is 8.51. The molecule has 0 bridgehead atoms. The minimum absolute atomic E-state index is 0.103. The molecule has 0 heterocycles. The summed E-state index contributed by atoms with van der Waals surface area (Å²) in [5.74, 6) is -0.781. The van der Waals surface area contributed by atoms with Crippen LogP contribution in [0.1, 0.15) is 5.56 Å². The highest BCUT2D eigenvalue weighted by Gasteiger charge is 2.16. The first kappa shape index (κ1) is 13.9. The summed E-state index contributed by atoms with van der Waals surface area (Å²) >= 11 is 5.75. The molecule has 94 valence electrons. The predicted octanol–water partition coefficient (Wildman–Crippen LogP) is 0.942. The Morgan fingerprint density at radius 1 is 1.59 bits per heavy atom. The molecule has 1 aromatic carbocycles. The van der Waals surface area contributed by atoms with Crippen molar-refractivity contribution in [2.24, 2.45) is 5.73 Å². The number of rotatable bonds is 4. The Labute approximate surface area is 105 Å². The van der Waals surface area contributed by atoms with Crippen LogP contribution >= 0.6 is 11.6 Å². The average Bonchev–Trinajstić information content (AvgIpc) is 2.22. The third kappa shape index (κ3) is 4.30. The molecule has 0 saturated carbocycles. The molecule has 3 N–H and O–H groups in total. The van der Waals surface area contributed by atoms with Crippen molar-refractivity contribution in [3.63, 3.8) is 0 Å². The van der Waals surface area contributed by atoms with Crippen LogP contribution in [0, 0.1) is 5.82 Å². The number of nitrogens with two attached hydrogens (primary N) is 1. The van der Waals surface area contributed by atoms with Crippen molar-refractivity contribution in [3.05, 3.63) is 34.6 Å². The van der Waals surface area contributed by atoms with Gasteiger partial charge in [-0.05, 0) is 30.2 Å². The number of benzene rings is 1. The smallest absolute Gasteiger partial charge is 0.251 e. The van der Waals surface area contributed by atoms with Gasteiger partial charge in [0.25, 0.3) is 5.91 Å². The maximum Gasteiger partial charge on any atom is 0.251 e. The number of carbonyl (C=O) groups excluding carboxylic acids is 1. The van der Waals surface area contributed by atoms with Crippen molar-refractivity contribution < 1.29 is 9.18 Å². The van der Waals surface area contributed by atoms with Crippen molar-refractivity contribution in [1.82, 2.24) is 10.4 Å². The second-order valence-corrected chi connectivity index (χ2v) is 4.35. The molecule has 1 rings (SSSR count). The van der Waals surface area contributed by atoms with Gasteiger partial charge in [0.05, 0.1) is 6.04 Å². The maximum absolute atomic E-state index is 13.4. The summed E-state index contributed by atoms with van der Waals surface area (Å²) in [6.45, 7) is 0. The highest BCUT2D eigenvalue weighted by atomic mass is 35.5. The van der Waals surface area contributed by atoms with Gasteiger partial charge in [-0.3, -0.25) is 10.2 Å². The molecule has 0 aliphatic carbocycles. The summed E-state index contributed by atoms with van der Waals surface area (Å²) in [6.07, 6.45) is 0.103. The van der Waals surface area contributed by atoms with E-state index < -0.39 is 11.9 Å². The second kappa shape index (κ2) is 5.95. The van der Waals surface area contributed by atoms with Crippen LogP contribution in [0.2, 0.25) is 5.02 Å². The van der Waals surface area contributed by atoms with Gasteiger partial charge in [-0.25, -0.2) is 9.40 Å². The summed E-state index contributed by atoms with van der Waals surface area (Å²) in [7, 11) is 3.34. The van der Waals surface area contributed by atoms with Crippen LogP contribution in [0.4, 0.5) is 4.39 Å². The molecule has 0 radical (unpaired) electrons. The molecule has 1 atom stereocenters. The Morgan fingerprint density at radius 2 is 2.24 bits per heavy atom. The molecule has 0 spiro atoms. The molecule has 1 aromatic rings. The van der Waals surface area contributed by atoms with Crippen molar-refractivity contribution in [2.45, 2.75) is 12.5 Å². The number of nitrogens with zero attached hydrogens (tertiary/aromatic N) is 1. The van der Waals surface area contributed by atoms with Gasteiger partial charge in [0.15, 0.2) is 0 Å². The lowest BCUT2D eigenvalue weighted by molar-refractivity contribution is -0.126. The molecular weight excluding hydrogens is 245 g/mol. The molecule has 1 amide bonds. The van der Waals surface area contributed by atoms with Gasteiger partial charge < -0.3 is 5.73 Å². The molecule has 0 aliphatic rings. The number of hydrogen-bond acceptors (Lipinski definition) is 3. The molecular formula is C11H15ClFN3O. The van der Waals surface area contributed by atoms with Gasteiger partial charge in [0, 0.05) is 19.1 Å². The first-order valence-electron chi connectivity index (χ1n) is 5.07. The van der Waals surface area contributed by atoms with Crippen molar-refractivity contribution >= 4 is 17.5 Å². The van der Waals surface area contributed by atoms with Crippen LogP contribution in [0.25, 0.3) is 0 Å². The maximum atomic E-state index is 13.4. The molecule has 0 fully saturated rings. The number of nitrogens with one attached hydrogen (secondary N) is 1. The zero-order valence-electron chi connectivity index (χ0n) is 9.71. The number of hydrazine groups is 1. The van der Waals surface area contributed by atoms with E-state index in [0.717, 1.165) is 0 Å². The lowest BCUT2D eigenvalue weighted by atomic mass is 10.1. The van der Waals surface area contributed by atoms with E-state index in [1.165, 1.54) is 23.2 Å². The van der Waals surface area contributed by atoms with Crippen molar-refractivity contribution in [2.75, 3.05) is 14.1 Å². The number of hydrogen-bond donors (Lipinski definition) is 2. The molecule has 0 aromatic heterocycles. The molecule has 4 nitrogen and oxygen atoms in total. The largest absolute Gasteiger partial charge is 0.320 e. The van der Waals surface area contributed by atoms with Crippen LogP contribution in [0.15, 0.2) is 18.2 Å². The summed E-state index contributed by atoms with van der Waals surface area (Å²) in [4.78, 5) is 11.5. The van der Waals surface area contributed by atoms with Gasteiger partial charge in [0.2, 0.25) is 0 Å². The van der Waals surface area contributed by atoms with Crippen LogP contribution in [0.5, 0.6) is 0 Å². The Hall–Kier alpha value is -1.17. The highest BCUT2D eigenvalue weighted by Crippen LogP contribution is 2.16. The predicted molar refractivity (Wildman–Crippen MR) is 64.9 cm³/mol. The fourth-order valence-electron chi connectivity index (χ4n) is 1.33.